The second-order valence-corrected chi connectivity index (χ2v) is 2.75. The summed E-state index contributed by atoms with van der Waals surface area (Å²) in [5.41, 5.74) is 4.89. The van der Waals surface area contributed by atoms with Crippen LogP contribution in [0.4, 0.5) is 0 Å². The molecule has 0 bridgehead atoms. The summed E-state index contributed by atoms with van der Waals surface area (Å²) in [6.07, 6.45) is 0. The Kier molecular flexibility index (Phi) is 1.61. The highest BCUT2D eigenvalue weighted by Gasteiger charge is 2.25. The van der Waals surface area contributed by atoms with Gasteiger partial charge in [0.1, 0.15) is 0 Å². The number of carbonyl (C=O) groups excluding carboxylic acids is 2. The minimum Gasteiger partial charge on any atom is -0.367 e. The lowest BCUT2D eigenvalue weighted by Crippen LogP contribution is -2.36. The molecule has 0 aliphatic carbocycles. The zero-order chi connectivity index (χ0) is 6.85. The second-order valence-electron chi connectivity index (χ2n) is 1.66. The lowest BCUT2D eigenvalue weighted by atomic mass is 10.6. The van der Waals surface area contributed by atoms with Crippen molar-refractivity contribution in [2.75, 3.05) is 5.75 Å². The van der Waals surface area contributed by atoms with E-state index in [1.807, 2.05) is 0 Å². The zero-order valence-corrected chi connectivity index (χ0v) is 5.40. The molecular weight excluding hydrogens is 140 g/mol. The van der Waals surface area contributed by atoms with Crippen molar-refractivity contribution in [2.24, 2.45) is 5.73 Å². The highest BCUT2D eigenvalue weighted by molar-refractivity contribution is 8.01. The van der Waals surface area contributed by atoms with Crippen LogP contribution in [0.2, 0.25) is 0 Å². The van der Waals surface area contributed by atoms with Crippen LogP contribution in [0.5, 0.6) is 0 Å². The first-order valence-electron chi connectivity index (χ1n) is 2.40. The smallest absolute Gasteiger partial charge is 0.250 e. The van der Waals surface area contributed by atoms with Gasteiger partial charge in [0.15, 0.2) is 5.37 Å². The normalized spacial score (nSPS) is 25.8. The van der Waals surface area contributed by atoms with Crippen molar-refractivity contribution in [1.29, 1.82) is 0 Å². The molecule has 50 valence electrons. The molecule has 2 amide bonds. The van der Waals surface area contributed by atoms with Gasteiger partial charge in [-0.2, -0.15) is 0 Å². The fraction of sp³-hybridized carbons (Fsp3) is 0.500. The average molecular weight is 146 g/mol. The largest absolute Gasteiger partial charge is 0.367 e. The highest BCUT2D eigenvalue weighted by Crippen LogP contribution is 2.13. The predicted molar refractivity (Wildman–Crippen MR) is 33.6 cm³/mol. The van der Waals surface area contributed by atoms with Crippen molar-refractivity contribution >= 4 is 23.6 Å². The van der Waals surface area contributed by atoms with Gasteiger partial charge in [-0.3, -0.25) is 9.59 Å². The van der Waals surface area contributed by atoms with E-state index in [0.29, 0.717) is 5.75 Å². The summed E-state index contributed by atoms with van der Waals surface area (Å²) in [4.78, 5) is 20.8. The predicted octanol–water partition coefficient (Wildman–Crippen LogP) is -1.34. The lowest BCUT2D eigenvalue weighted by Gasteiger charge is -2.00. The Hall–Kier alpha value is -0.710. The van der Waals surface area contributed by atoms with Crippen LogP contribution in [0.25, 0.3) is 0 Å². The molecule has 9 heavy (non-hydrogen) atoms. The first kappa shape index (κ1) is 6.41. The van der Waals surface area contributed by atoms with Crippen molar-refractivity contribution in [3.63, 3.8) is 0 Å². The van der Waals surface area contributed by atoms with Crippen molar-refractivity contribution in [3.8, 4) is 0 Å². The number of rotatable bonds is 1. The van der Waals surface area contributed by atoms with Gasteiger partial charge in [-0.25, -0.2) is 0 Å². The monoisotopic (exact) mass is 146 g/mol. The Balaban J connectivity index is 2.48. The van der Waals surface area contributed by atoms with Crippen molar-refractivity contribution in [2.45, 2.75) is 5.37 Å². The minimum atomic E-state index is -0.502. The molecule has 0 aromatic heterocycles. The maximum Gasteiger partial charge on any atom is 0.250 e. The number of hydrogen-bond donors (Lipinski definition) is 2. The summed E-state index contributed by atoms with van der Waals surface area (Å²) in [6, 6.07) is 0. The van der Waals surface area contributed by atoms with Crippen LogP contribution in [0.1, 0.15) is 0 Å². The lowest BCUT2D eigenvalue weighted by molar-refractivity contribution is -0.123. The molecule has 3 N–H and O–H groups in total. The highest BCUT2D eigenvalue weighted by atomic mass is 32.2. The van der Waals surface area contributed by atoms with E-state index in [9.17, 15) is 9.59 Å². The van der Waals surface area contributed by atoms with Crippen LogP contribution in [0.15, 0.2) is 0 Å². The number of carbonyl (C=O) groups is 2. The summed E-state index contributed by atoms with van der Waals surface area (Å²) in [7, 11) is 0. The van der Waals surface area contributed by atoms with Gasteiger partial charge in [0.25, 0.3) is 5.91 Å². The van der Waals surface area contributed by atoms with Gasteiger partial charge in [0, 0.05) is 0 Å². The van der Waals surface area contributed by atoms with E-state index in [1.54, 1.807) is 0 Å². The van der Waals surface area contributed by atoms with Gasteiger partial charge in [-0.15, -0.1) is 11.8 Å². The molecule has 0 aromatic rings. The molecule has 0 aromatic carbocycles. The Labute approximate surface area is 56.2 Å². The first-order valence-corrected chi connectivity index (χ1v) is 3.45. The average Bonchev–Trinajstić information content (AvgIpc) is 2.14. The first-order chi connectivity index (χ1) is 4.20. The third-order valence-electron chi connectivity index (χ3n) is 0.932. The number of thioether (sulfide) groups is 1. The molecule has 1 rings (SSSR count). The van der Waals surface area contributed by atoms with Crippen LogP contribution in [0.3, 0.4) is 0 Å². The van der Waals surface area contributed by atoms with Crippen LogP contribution in [-0.2, 0) is 9.59 Å². The zero-order valence-electron chi connectivity index (χ0n) is 4.59. The SMILES string of the molecule is NC(=O)C1NC(=O)CS1. The van der Waals surface area contributed by atoms with Crippen molar-refractivity contribution < 1.29 is 9.59 Å². The maximum absolute atomic E-state index is 10.4. The molecule has 1 atom stereocenters. The van der Waals surface area contributed by atoms with Crippen LogP contribution in [0, 0.1) is 0 Å². The van der Waals surface area contributed by atoms with Gasteiger partial charge >= 0.3 is 0 Å². The molecule has 1 saturated heterocycles. The molecule has 1 aliphatic heterocycles. The van der Waals surface area contributed by atoms with E-state index in [0.717, 1.165) is 0 Å². The number of hydrogen-bond acceptors (Lipinski definition) is 3. The molecule has 1 heterocycles. The molecular formula is C4H6N2O2S. The van der Waals surface area contributed by atoms with Gasteiger partial charge in [0.2, 0.25) is 5.91 Å². The molecule has 0 radical (unpaired) electrons. The number of nitrogens with two attached hydrogens (primary N) is 1. The van der Waals surface area contributed by atoms with Crippen LogP contribution < -0.4 is 11.1 Å². The number of nitrogens with one attached hydrogen (secondary N) is 1. The fourth-order valence-electron chi connectivity index (χ4n) is 0.542. The Bertz CT molecular complexity index is 159. The molecule has 1 fully saturated rings. The van der Waals surface area contributed by atoms with E-state index in [-0.39, 0.29) is 5.91 Å². The van der Waals surface area contributed by atoms with Gasteiger partial charge in [-0.1, -0.05) is 0 Å². The third kappa shape index (κ3) is 1.35. The Morgan fingerprint density at radius 1 is 1.89 bits per heavy atom. The van der Waals surface area contributed by atoms with E-state index < -0.39 is 11.3 Å². The van der Waals surface area contributed by atoms with Crippen molar-refractivity contribution in [3.05, 3.63) is 0 Å². The van der Waals surface area contributed by atoms with E-state index in [1.165, 1.54) is 11.8 Å². The van der Waals surface area contributed by atoms with E-state index >= 15 is 0 Å². The second kappa shape index (κ2) is 2.26. The molecule has 4 nitrogen and oxygen atoms in total. The molecule has 0 saturated carbocycles. The standard InChI is InChI=1S/C4H6N2O2S/c5-3(8)4-6-2(7)1-9-4/h4H,1H2,(H2,5,8)(H,6,7). The van der Waals surface area contributed by atoms with Gasteiger partial charge < -0.3 is 11.1 Å². The Morgan fingerprint density at radius 2 is 2.56 bits per heavy atom. The quantitative estimate of drug-likeness (QED) is 0.481. The Morgan fingerprint density at radius 3 is 2.78 bits per heavy atom. The maximum atomic E-state index is 10.4. The molecule has 0 spiro atoms. The number of primary amides is 1. The summed E-state index contributed by atoms with van der Waals surface area (Å²) < 4.78 is 0. The fourth-order valence-corrected chi connectivity index (χ4v) is 1.32. The number of amides is 2. The minimum absolute atomic E-state index is 0.121. The summed E-state index contributed by atoms with van der Waals surface area (Å²) in [5.74, 6) is -0.261. The van der Waals surface area contributed by atoms with E-state index in [4.69, 9.17) is 5.73 Å². The van der Waals surface area contributed by atoms with Gasteiger partial charge in [0.05, 0.1) is 5.75 Å². The third-order valence-corrected chi connectivity index (χ3v) is 2.04. The van der Waals surface area contributed by atoms with Gasteiger partial charge in [-0.05, 0) is 0 Å². The van der Waals surface area contributed by atoms with E-state index in [2.05, 4.69) is 5.32 Å². The summed E-state index contributed by atoms with van der Waals surface area (Å²) in [6.45, 7) is 0. The molecule has 1 aliphatic rings. The summed E-state index contributed by atoms with van der Waals surface area (Å²) >= 11 is 1.22. The molecule has 1 unspecified atom stereocenters. The van der Waals surface area contributed by atoms with Crippen molar-refractivity contribution in [1.82, 2.24) is 5.32 Å². The van der Waals surface area contributed by atoms with Crippen LogP contribution >= 0.6 is 11.8 Å². The topological polar surface area (TPSA) is 72.2 Å². The summed E-state index contributed by atoms with van der Waals surface area (Å²) in [5, 5.41) is 1.90. The van der Waals surface area contributed by atoms with Crippen LogP contribution in [-0.4, -0.2) is 22.9 Å². The molecule has 5 heteroatoms.